The Morgan fingerprint density at radius 1 is 1.03 bits per heavy atom. The summed E-state index contributed by atoms with van der Waals surface area (Å²) in [6.07, 6.45) is 1.52. The Bertz CT molecular complexity index is 1200. The monoisotopic (exact) mass is 486 g/mol. The van der Waals surface area contributed by atoms with Gasteiger partial charge in [0.1, 0.15) is 6.61 Å². The van der Waals surface area contributed by atoms with Crippen molar-refractivity contribution in [2.24, 2.45) is 5.10 Å². The van der Waals surface area contributed by atoms with Crippen LogP contribution in [0.15, 0.2) is 59.7 Å². The molecule has 4 rings (SSSR count). The van der Waals surface area contributed by atoms with E-state index in [1.807, 2.05) is 13.0 Å². The molecule has 0 saturated heterocycles. The number of nitrogens with one attached hydrogen (secondary N) is 1. The summed E-state index contributed by atoms with van der Waals surface area (Å²) in [4.78, 5) is 12.3. The zero-order valence-corrected chi connectivity index (χ0v) is 19.2. The molecule has 0 spiro atoms. The molecule has 1 amide bonds. The predicted octanol–water partition coefficient (Wildman–Crippen LogP) is 5.46. The van der Waals surface area contributed by atoms with E-state index in [-0.39, 0.29) is 19.3 Å². The number of carbonyl (C=O) groups excluding carboxylic acids is 1. The molecule has 1 N–H and O–H groups in total. The van der Waals surface area contributed by atoms with Crippen molar-refractivity contribution in [2.75, 3.05) is 13.4 Å². The molecule has 0 aromatic heterocycles. The number of fused-ring (bicyclic) bond motifs is 1. The maximum Gasteiger partial charge on any atom is 0.271 e. The number of hydrazone groups is 1. The van der Waals surface area contributed by atoms with Crippen LogP contribution in [-0.4, -0.2) is 25.5 Å². The molecule has 0 fully saturated rings. The second-order valence-electron chi connectivity index (χ2n) is 6.93. The third-order valence-corrected chi connectivity index (χ3v) is 5.27. The van der Waals surface area contributed by atoms with Crippen LogP contribution >= 0.6 is 23.2 Å². The summed E-state index contributed by atoms with van der Waals surface area (Å²) >= 11 is 12.2. The van der Waals surface area contributed by atoms with Crippen LogP contribution in [0.2, 0.25) is 10.0 Å². The maximum atomic E-state index is 12.3. The molecule has 3 aromatic rings. The first kappa shape index (κ1) is 22.8. The molecule has 3 aromatic carbocycles. The van der Waals surface area contributed by atoms with Gasteiger partial charge in [-0.25, -0.2) is 5.43 Å². The highest BCUT2D eigenvalue weighted by atomic mass is 35.5. The molecule has 0 saturated carbocycles. The first-order valence-electron chi connectivity index (χ1n) is 10.1. The fraction of sp³-hybridized carbons (Fsp3) is 0.167. The molecule has 9 heteroatoms. The first-order chi connectivity index (χ1) is 16.0. The normalized spacial score (nSPS) is 12.1. The van der Waals surface area contributed by atoms with Crippen molar-refractivity contribution in [1.29, 1.82) is 0 Å². The van der Waals surface area contributed by atoms with Crippen molar-refractivity contribution in [3.63, 3.8) is 0 Å². The van der Waals surface area contributed by atoms with E-state index in [9.17, 15) is 4.79 Å². The van der Waals surface area contributed by atoms with Crippen molar-refractivity contribution in [3.8, 4) is 23.0 Å². The molecule has 1 aliphatic rings. The zero-order valence-electron chi connectivity index (χ0n) is 17.6. The Morgan fingerprint density at radius 2 is 1.88 bits per heavy atom. The van der Waals surface area contributed by atoms with E-state index in [1.54, 1.807) is 48.5 Å². The average Bonchev–Trinajstić information content (AvgIpc) is 3.27. The lowest BCUT2D eigenvalue weighted by atomic mass is 10.2. The first-order valence-corrected chi connectivity index (χ1v) is 10.9. The van der Waals surface area contributed by atoms with Crippen molar-refractivity contribution in [2.45, 2.75) is 13.5 Å². The molecule has 170 valence electrons. The van der Waals surface area contributed by atoms with E-state index >= 15 is 0 Å². The fourth-order valence-corrected chi connectivity index (χ4v) is 3.52. The second kappa shape index (κ2) is 10.5. The maximum absolute atomic E-state index is 12.3. The molecule has 0 unspecified atom stereocenters. The molecule has 0 aliphatic carbocycles. The third kappa shape index (κ3) is 5.69. The van der Waals surface area contributed by atoms with Crippen LogP contribution in [0.4, 0.5) is 0 Å². The summed E-state index contributed by atoms with van der Waals surface area (Å²) in [5.41, 5.74) is 4.44. The Morgan fingerprint density at radius 3 is 2.70 bits per heavy atom. The Labute approximate surface area is 200 Å². The molecule has 0 atom stereocenters. The minimum absolute atomic E-state index is 0.146. The fourth-order valence-electron chi connectivity index (χ4n) is 3.05. The van der Waals surface area contributed by atoms with Crippen molar-refractivity contribution >= 4 is 35.3 Å². The van der Waals surface area contributed by atoms with E-state index < -0.39 is 0 Å². The highest BCUT2D eigenvalue weighted by Crippen LogP contribution is 2.32. The van der Waals surface area contributed by atoms with Crippen LogP contribution in [-0.2, 0) is 6.61 Å². The van der Waals surface area contributed by atoms with E-state index in [0.29, 0.717) is 45.2 Å². The SMILES string of the molecule is CCOc1cc(/C=N\NC(=O)c2ccc3c(c2)OCO3)ccc1OCc1ccc(Cl)cc1Cl. The predicted molar refractivity (Wildman–Crippen MR) is 126 cm³/mol. The standard InChI is InChI=1S/C24H20Cl2N2O5/c1-2-30-22-9-15(3-7-20(22)31-13-17-4-6-18(25)11-19(17)26)12-27-28-24(29)16-5-8-21-23(10-16)33-14-32-21/h3-12H,2,13-14H2,1H3,(H,28,29)/b27-12-. The topological polar surface area (TPSA) is 78.4 Å². The molecular formula is C24H20Cl2N2O5. The zero-order chi connectivity index (χ0) is 23.2. The summed E-state index contributed by atoms with van der Waals surface area (Å²) in [7, 11) is 0. The highest BCUT2D eigenvalue weighted by molar-refractivity contribution is 6.35. The van der Waals surface area contributed by atoms with Gasteiger partial charge in [0, 0.05) is 21.2 Å². The number of hydrogen-bond donors (Lipinski definition) is 1. The molecule has 33 heavy (non-hydrogen) atoms. The molecule has 1 heterocycles. The van der Waals surface area contributed by atoms with Crippen LogP contribution in [0, 0.1) is 0 Å². The molecular weight excluding hydrogens is 467 g/mol. The number of halogens is 2. The number of ether oxygens (including phenoxy) is 4. The average molecular weight is 487 g/mol. The molecule has 7 nitrogen and oxygen atoms in total. The number of hydrogen-bond acceptors (Lipinski definition) is 6. The summed E-state index contributed by atoms with van der Waals surface area (Å²) in [5, 5.41) is 5.13. The van der Waals surface area contributed by atoms with Gasteiger partial charge in [0.25, 0.3) is 5.91 Å². The van der Waals surface area contributed by atoms with Gasteiger partial charge in [-0.1, -0.05) is 29.3 Å². The molecule has 1 aliphatic heterocycles. The minimum Gasteiger partial charge on any atom is -0.490 e. The number of amides is 1. The van der Waals surface area contributed by atoms with E-state index in [4.69, 9.17) is 42.1 Å². The smallest absolute Gasteiger partial charge is 0.271 e. The summed E-state index contributed by atoms with van der Waals surface area (Å²) in [6.45, 7) is 2.74. The summed E-state index contributed by atoms with van der Waals surface area (Å²) < 4.78 is 22.1. The summed E-state index contributed by atoms with van der Waals surface area (Å²) in [6, 6.07) is 15.5. The van der Waals surface area contributed by atoms with Gasteiger partial charge in [0.2, 0.25) is 6.79 Å². The van der Waals surface area contributed by atoms with Gasteiger partial charge in [-0.2, -0.15) is 5.10 Å². The van der Waals surface area contributed by atoms with Gasteiger partial charge in [0.15, 0.2) is 23.0 Å². The summed E-state index contributed by atoms with van der Waals surface area (Å²) in [5.74, 6) is 1.88. The van der Waals surface area contributed by atoms with Crippen LogP contribution in [0.5, 0.6) is 23.0 Å². The van der Waals surface area contributed by atoms with Crippen molar-refractivity contribution < 1.29 is 23.7 Å². The Kier molecular flexibility index (Phi) is 7.22. The van der Waals surface area contributed by atoms with Gasteiger partial charge in [0.05, 0.1) is 12.8 Å². The largest absolute Gasteiger partial charge is 0.490 e. The van der Waals surface area contributed by atoms with Gasteiger partial charge in [-0.3, -0.25) is 4.79 Å². The lowest BCUT2D eigenvalue weighted by Gasteiger charge is -2.13. The third-order valence-electron chi connectivity index (χ3n) is 4.68. The van der Waals surface area contributed by atoms with Crippen molar-refractivity contribution in [1.82, 2.24) is 5.43 Å². The Hall–Kier alpha value is -3.42. The van der Waals surface area contributed by atoms with E-state index in [0.717, 1.165) is 11.1 Å². The molecule has 0 radical (unpaired) electrons. The number of carbonyl (C=O) groups is 1. The van der Waals surface area contributed by atoms with Crippen LogP contribution in [0.1, 0.15) is 28.4 Å². The van der Waals surface area contributed by atoms with Crippen LogP contribution in [0.3, 0.4) is 0 Å². The van der Waals surface area contributed by atoms with Crippen LogP contribution in [0.25, 0.3) is 0 Å². The lowest BCUT2D eigenvalue weighted by molar-refractivity contribution is 0.0954. The van der Waals surface area contributed by atoms with Gasteiger partial charge >= 0.3 is 0 Å². The second-order valence-corrected chi connectivity index (χ2v) is 7.77. The van der Waals surface area contributed by atoms with Crippen molar-refractivity contribution in [3.05, 3.63) is 81.3 Å². The number of nitrogens with zero attached hydrogens (tertiary/aromatic N) is 1. The van der Waals surface area contributed by atoms with Gasteiger partial charge in [-0.15, -0.1) is 0 Å². The molecule has 0 bridgehead atoms. The van der Waals surface area contributed by atoms with Gasteiger partial charge < -0.3 is 18.9 Å². The van der Waals surface area contributed by atoms with E-state index in [1.165, 1.54) is 6.21 Å². The number of rotatable bonds is 8. The quantitative estimate of drug-likeness (QED) is 0.337. The Balaban J connectivity index is 1.41. The van der Waals surface area contributed by atoms with Crippen LogP contribution < -0.4 is 24.4 Å². The lowest BCUT2D eigenvalue weighted by Crippen LogP contribution is -2.17. The number of benzene rings is 3. The van der Waals surface area contributed by atoms with Gasteiger partial charge in [-0.05, 0) is 61.0 Å². The highest BCUT2D eigenvalue weighted by Gasteiger charge is 2.16. The van der Waals surface area contributed by atoms with E-state index in [2.05, 4.69) is 10.5 Å². The minimum atomic E-state index is -0.366.